The molecule has 0 radical (unpaired) electrons. The second-order valence-corrected chi connectivity index (χ2v) is 5.78. The third kappa shape index (κ3) is 3.61. The minimum atomic E-state index is -4.38. The average molecular weight is 323 g/mol. The van der Waals surface area contributed by atoms with E-state index in [0.717, 1.165) is 0 Å². The summed E-state index contributed by atoms with van der Waals surface area (Å²) in [4.78, 5) is 10.2. The summed E-state index contributed by atoms with van der Waals surface area (Å²) in [5.41, 5.74) is 6.92. The molecule has 0 unspecified atom stereocenters. The molecule has 22 heavy (non-hydrogen) atoms. The van der Waals surface area contributed by atoms with Crippen LogP contribution in [0.25, 0.3) is 11.1 Å². The van der Waals surface area contributed by atoms with Gasteiger partial charge in [0.2, 0.25) is 0 Å². The lowest BCUT2D eigenvalue weighted by molar-refractivity contribution is 0.144. The quantitative estimate of drug-likeness (QED) is 0.446. The molecular formula is C14H13NO6S. The van der Waals surface area contributed by atoms with Gasteiger partial charge in [0.05, 0.1) is 4.90 Å². The van der Waals surface area contributed by atoms with Gasteiger partial charge in [0.15, 0.2) is 0 Å². The predicted molar refractivity (Wildman–Crippen MR) is 78.2 cm³/mol. The molecule has 0 amide bonds. The number of ether oxygens (including phenoxy) is 1. The molecule has 8 heteroatoms. The largest absolute Gasteiger partial charge is 0.511 e. The van der Waals surface area contributed by atoms with E-state index in [1.807, 2.05) is 0 Å². The Morgan fingerprint density at radius 1 is 1.09 bits per heavy atom. The van der Waals surface area contributed by atoms with Gasteiger partial charge >= 0.3 is 6.16 Å². The van der Waals surface area contributed by atoms with E-state index in [4.69, 9.17) is 10.8 Å². The van der Waals surface area contributed by atoms with Crippen LogP contribution in [0.2, 0.25) is 0 Å². The van der Waals surface area contributed by atoms with Crippen molar-refractivity contribution in [2.45, 2.75) is 11.4 Å². The number of carboxylic acid groups (broad SMARTS) is 1. The molecule has 4 N–H and O–H groups in total. The number of hydrogen-bond acceptors (Lipinski definition) is 5. The van der Waals surface area contributed by atoms with E-state index in [-0.39, 0.29) is 17.2 Å². The normalized spacial score (nSPS) is 11.2. The van der Waals surface area contributed by atoms with Gasteiger partial charge in [0.1, 0.15) is 5.75 Å². The maximum Gasteiger partial charge on any atom is 0.511 e. The van der Waals surface area contributed by atoms with Gasteiger partial charge in [0.25, 0.3) is 10.1 Å². The van der Waals surface area contributed by atoms with Crippen LogP contribution in [0.5, 0.6) is 5.75 Å². The fourth-order valence-electron chi connectivity index (χ4n) is 1.96. The second kappa shape index (κ2) is 6.14. The first kappa shape index (κ1) is 16.0. The molecule has 7 nitrogen and oxygen atoms in total. The summed E-state index contributed by atoms with van der Waals surface area (Å²) in [6, 6.07) is 10.5. The van der Waals surface area contributed by atoms with Gasteiger partial charge in [-0.2, -0.15) is 8.42 Å². The molecule has 0 heterocycles. The standard InChI is InChI=1S/C14H13NO6S/c15-8-11-2-1-10(7-13(11)22(18,19)20)9-3-5-12(6-4-9)21-14(16)17/h1-7H,8,15H2,(H,16,17)(H,18,19,20). The fourth-order valence-corrected chi connectivity index (χ4v) is 2.72. The van der Waals surface area contributed by atoms with Crippen molar-refractivity contribution in [3.63, 3.8) is 0 Å². The van der Waals surface area contributed by atoms with E-state index in [0.29, 0.717) is 16.7 Å². The maximum absolute atomic E-state index is 11.4. The molecule has 2 rings (SSSR count). The highest BCUT2D eigenvalue weighted by Crippen LogP contribution is 2.27. The molecule has 0 aromatic heterocycles. The number of carbonyl (C=O) groups is 1. The topological polar surface area (TPSA) is 127 Å². The van der Waals surface area contributed by atoms with Crippen LogP contribution in [0, 0.1) is 0 Å². The predicted octanol–water partition coefficient (Wildman–Crippen LogP) is 2.12. The SMILES string of the molecule is NCc1ccc(-c2ccc(OC(=O)O)cc2)cc1S(=O)(=O)O. The average Bonchev–Trinajstić information content (AvgIpc) is 2.46. The summed E-state index contributed by atoms with van der Waals surface area (Å²) in [6.45, 7) is -0.0270. The molecule has 116 valence electrons. The zero-order valence-electron chi connectivity index (χ0n) is 11.3. The number of benzene rings is 2. The van der Waals surface area contributed by atoms with Crippen LogP contribution in [0.15, 0.2) is 47.4 Å². The van der Waals surface area contributed by atoms with E-state index < -0.39 is 16.3 Å². The molecule has 0 aliphatic rings. The van der Waals surface area contributed by atoms with Gasteiger partial charge < -0.3 is 15.6 Å². The third-order valence-corrected chi connectivity index (χ3v) is 3.89. The van der Waals surface area contributed by atoms with Crippen LogP contribution in [-0.2, 0) is 16.7 Å². The molecule has 2 aromatic rings. The third-order valence-electron chi connectivity index (χ3n) is 2.96. The summed E-state index contributed by atoms with van der Waals surface area (Å²) >= 11 is 0. The van der Waals surface area contributed by atoms with Crippen molar-refractivity contribution in [3.05, 3.63) is 48.0 Å². The molecule has 0 bridgehead atoms. The van der Waals surface area contributed by atoms with Gasteiger partial charge in [-0.25, -0.2) is 4.79 Å². The summed E-state index contributed by atoms with van der Waals surface area (Å²) in [5, 5.41) is 8.51. The monoisotopic (exact) mass is 323 g/mol. The van der Waals surface area contributed by atoms with Crippen LogP contribution < -0.4 is 10.5 Å². The Hall–Kier alpha value is -2.42. The Balaban J connectivity index is 2.43. The van der Waals surface area contributed by atoms with Crippen molar-refractivity contribution in [3.8, 4) is 16.9 Å². The minimum absolute atomic E-state index is 0.0270. The van der Waals surface area contributed by atoms with Gasteiger partial charge in [-0.3, -0.25) is 4.55 Å². The first-order valence-electron chi connectivity index (χ1n) is 6.13. The van der Waals surface area contributed by atoms with Crippen LogP contribution in [0.4, 0.5) is 4.79 Å². The first-order chi connectivity index (χ1) is 10.3. The summed E-state index contributed by atoms with van der Waals surface area (Å²) < 4.78 is 36.5. The molecular weight excluding hydrogens is 310 g/mol. The molecule has 0 saturated carbocycles. The maximum atomic E-state index is 11.4. The molecule has 0 fully saturated rings. The van der Waals surface area contributed by atoms with Crippen molar-refractivity contribution < 1.29 is 27.6 Å². The Kier molecular flexibility index (Phi) is 4.45. The van der Waals surface area contributed by atoms with Crippen molar-refractivity contribution >= 4 is 16.3 Å². The van der Waals surface area contributed by atoms with Gasteiger partial charge in [0, 0.05) is 6.54 Å². The number of rotatable bonds is 4. The molecule has 0 spiro atoms. The Bertz CT molecular complexity index is 799. The van der Waals surface area contributed by atoms with Crippen molar-refractivity contribution in [1.29, 1.82) is 0 Å². The Labute approximate surface area is 126 Å². The molecule has 0 aliphatic carbocycles. The van der Waals surface area contributed by atoms with Crippen LogP contribution >= 0.6 is 0 Å². The molecule has 0 aliphatic heterocycles. The highest BCUT2D eigenvalue weighted by molar-refractivity contribution is 7.85. The molecule has 0 saturated heterocycles. The van der Waals surface area contributed by atoms with Gasteiger partial charge in [-0.15, -0.1) is 0 Å². The lowest BCUT2D eigenvalue weighted by Gasteiger charge is -2.09. The lowest BCUT2D eigenvalue weighted by atomic mass is 10.0. The van der Waals surface area contributed by atoms with Crippen LogP contribution in [0.1, 0.15) is 5.56 Å². The molecule has 2 aromatic carbocycles. The zero-order chi connectivity index (χ0) is 16.3. The second-order valence-electron chi connectivity index (χ2n) is 4.39. The van der Waals surface area contributed by atoms with Crippen LogP contribution in [-0.4, -0.2) is 24.2 Å². The van der Waals surface area contributed by atoms with E-state index in [1.54, 1.807) is 18.2 Å². The summed E-state index contributed by atoms with van der Waals surface area (Å²) in [6.07, 6.45) is -1.42. The minimum Gasteiger partial charge on any atom is -0.449 e. The molecule has 0 atom stereocenters. The van der Waals surface area contributed by atoms with Crippen LogP contribution in [0.3, 0.4) is 0 Å². The van der Waals surface area contributed by atoms with E-state index in [2.05, 4.69) is 4.74 Å². The Morgan fingerprint density at radius 3 is 2.18 bits per heavy atom. The van der Waals surface area contributed by atoms with Crippen molar-refractivity contribution in [1.82, 2.24) is 0 Å². The van der Waals surface area contributed by atoms with Gasteiger partial charge in [-0.1, -0.05) is 24.3 Å². The van der Waals surface area contributed by atoms with E-state index >= 15 is 0 Å². The lowest BCUT2D eigenvalue weighted by Crippen LogP contribution is -2.07. The van der Waals surface area contributed by atoms with Crippen molar-refractivity contribution in [2.75, 3.05) is 0 Å². The number of nitrogens with two attached hydrogens (primary N) is 1. The highest BCUT2D eigenvalue weighted by Gasteiger charge is 2.16. The van der Waals surface area contributed by atoms with E-state index in [9.17, 15) is 17.8 Å². The zero-order valence-corrected chi connectivity index (χ0v) is 12.1. The first-order valence-corrected chi connectivity index (χ1v) is 7.57. The fraction of sp³-hybridized carbons (Fsp3) is 0.0714. The van der Waals surface area contributed by atoms with Gasteiger partial charge in [-0.05, 0) is 34.9 Å². The summed E-state index contributed by atoms with van der Waals surface area (Å²) in [7, 11) is -4.38. The number of hydrogen-bond donors (Lipinski definition) is 3. The van der Waals surface area contributed by atoms with Crippen molar-refractivity contribution in [2.24, 2.45) is 5.73 Å². The highest BCUT2D eigenvalue weighted by atomic mass is 32.2. The smallest absolute Gasteiger partial charge is 0.449 e. The Morgan fingerprint density at radius 2 is 1.68 bits per heavy atom. The summed E-state index contributed by atoms with van der Waals surface area (Å²) in [5.74, 6) is 0.143. The van der Waals surface area contributed by atoms with E-state index in [1.165, 1.54) is 24.3 Å².